The zero-order valence-corrected chi connectivity index (χ0v) is 15.1. The van der Waals surface area contributed by atoms with Crippen molar-refractivity contribution in [3.8, 4) is 11.5 Å². The van der Waals surface area contributed by atoms with E-state index in [0.29, 0.717) is 13.2 Å². The number of nitrogens with zero attached hydrogens (tertiary/aromatic N) is 1. The molecule has 0 radical (unpaired) electrons. The minimum atomic E-state index is 0.255. The predicted molar refractivity (Wildman–Crippen MR) is 97.3 cm³/mol. The zero-order valence-electron chi connectivity index (χ0n) is 15.1. The van der Waals surface area contributed by atoms with E-state index in [0.717, 1.165) is 50.6 Å². The Balaban J connectivity index is 1.41. The second-order valence-electron chi connectivity index (χ2n) is 7.43. The van der Waals surface area contributed by atoms with Gasteiger partial charge in [0, 0.05) is 37.4 Å². The van der Waals surface area contributed by atoms with Gasteiger partial charge in [-0.3, -0.25) is 4.90 Å². The van der Waals surface area contributed by atoms with E-state index in [1.807, 2.05) is 6.07 Å². The monoisotopic (exact) mass is 346 g/mol. The maximum absolute atomic E-state index is 5.84. The summed E-state index contributed by atoms with van der Waals surface area (Å²) in [6, 6.07) is 6.18. The smallest absolute Gasteiger partial charge is 0.165 e. The summed E-state index contributed by atoms with van der Waals surface area (Å²) in [5.41, 5.74) is 1.45. The molecule has 0 aromatic heterocycles. The Morgan fingerprint density at radius 1 is 0.960 bits per heavy atom. The van der Waals surface area contributed by atoms with Gasteiger partial charge >= 0.3 is 0 Å². The topological polar surface area (TPSA) is 43.0 Å². The highest BCUT2D eigenvalue weighted by atomic mass is 16.6. The molecule has 3 heterocycles. The lowest BCUT2D eigenvalue weighted by atomic mass is 9.86. The van der Waals surface area contributed by atoms with Crippen molar-refractivity contribution in [3.63, 3.8) is 0 Å². The number of hydrogen-bond donors (Lipinski definition) is 1. The van der Waals surface area contributed by atoms with Gasteiger partial charge < -0.3 is 19.5 Å². The highest BCUT2D eigenvalue weighted by Gasteiger charge is 2.38. The number of rotatable bonds is 5. The molecule has 0 aliphatic carbocycles. The minimum Gasteiger partial charge on any atom is -0.486 e. The van der Waals surface area contributed by atoms with E-state index >= 15 is 0 Å². The molecule has 138 valence electrons. The van der Waals surface area contributed by atoms with Crippen molar-refractivity contribution < 1.29 is 14.2 Å². The SMILES string of the molecule is c1cc(CNCC2(N3CCCCC3)CCOCC2)c2c(c1)OCCO2. The normalized spacial score (nSPS) is 23.4. The molecule has 25 heavy (non-hydrogen) atoms. The van der Waals surface area contributed by atoms with E-state index in [4.69, 9.17) is 14.2 Å². The summed E-state index contributed by atoms with van der Waals surface area (Å²) >= 11 is 0. The Labute approximate surface area is 150 Å². The Hall–Kier alpha value is -1.30. The van der Waals surface area contributed by atoms with Crippen LogP contribution in [0.25, 0.3) is 0 Å². The van der Waals surface area contributed by atoms with Crippen LogP contribution in [0.15, 0.2) is 18.2 Å². The summed E-state index contributed by atoms with van der Waals surface area (Å²) < 4.78 is 17.2. The van der Waals surface area contributed by atoms with Crippen molar-refractivity contribution in [1.29, 1.82) is 0 Å². The van der Waals surface area contributed by atoms with E-state index in [1.54, 1.807) is 0 Å². The minimum absolute atomic E-state index is 0.255. The summed E-state index contributed by atoms with van der Waals surface area (Å²) in [4.78, 5) is 2.73. The van der Waals surface area contributed by atoms with Gasteiger partial charge in [0.05, 0.1) is 0 Å². The lowest BCUT2D eigenvalue weighted by Crippen LogP contribution is -2.59. The Morgan fingerprint density at radius 3 is 2.60 bits per heavy atom. The molecule has 0 unspecified atom stereocenters. The maximum Gasteiger partial charge on any atom is 0.165 e. The second kappa shape index (κ2) is 7.94. The van der Waals surface area contributed by atoms with Gasteiger partial charge in [-0.15, -0.1) is 0 Å². The molecular formula is C20H30N2O3. The van der Waals surface area contributed by atoms with Crippen LogP contribution in [-0.2, 0) is 11.3 Å². The van der Waals surface area contributed by atoms with Gasteiger partial charge in [0.25, 0.3) is 0 Å². The molecule has 0 atom stereocenters. The number of fused-ring (bicyclic) bond motifs is 1. The van der Waals surface area contributed by atoms with Gasteiger partial charge in [0.1, 0.15) is 13.2 Å². The van der Waals surface area contributed by atoms with Crippen molar-refractivity contribution >= 4 is 0 Å². The molecule has 1 aromatic carbocycles. The average molecular weight is 346 g/mol. The molecule has 4 rings (SSSR count). The number of piperidine rings is 1. The first-order valence-electron chi connectivity index (χ1n) is 9.78. The number of ether oxygens (including phenoxy) is 3. The van der Waals surface area contributed by atoms with Crippen LogP contribution in [0.4, 0.5) is 0 Å². The molecule has 2 saturated heterocycles. The van der Waals surface area contributed by atoms with Gasteiger partial charge in [0.2, 0.25) is 0 Å². The van der Waals surface area contributed by atoms with E-state index in [2.05, 4.69) is 22.3 Å². The summed E-state index contributed by atoms with van der Waals surface area (Å²) in [6.07, 6.45) is 6.31. The molecule has 3 aliphatic rings. The van der Waals surface area contributed by atoms with Crippen LogP contribution >= 0.6 is 0 Å². The first kappa shape index (κ1) is 17.1. The molecule has 3 aliphatic heterocycles. The van der Waals surface area contributed by atoms with Crippen molar-refractivity contribution in [2.75, 3.05) is 46.1 Å². The summed E-state index contributed by atoms with van der Waals surface area (Å²) in [6.45, 7) is 7.36. The van der Waals surface area contributed by atoms with E-state index < -0.39 is 0 Å². The Bertz CT molecular complexity index is 566. The molecule has 1 N–H and O–H groups in total. The van der Waals surface area contributed by atoms with Crippen molar-refractivity contribution in [2.45, 2.75) is 44.2 Å². The summed E-state index contributed by atoms with van der Waals surface area (Å²) in [7, 11) is 0. The van der Waals surface area contributed by atoms with Crippen LogP contribution in [0, 0.1) is 0 Å². The largest absolute Gasteiger partial charge is 0.486 e. The van der Waals surface area contributed by atoms with Crippen LogP contribution in [0.1, 0.15) is 37.7 Å². The number of hydrogen-bond acceptors (Lipinski definition) is 5. The molecule has 1 aromatic rings. The van der Waals surface area contributed by atoms with Crippen molar-refractivity contribution in [1.82, 2.24) is 10.2 Å². The fourth-order valence-electron chi connectivity index (χ4n) is 4.43. The quantitative estimate of drug-likeness (QED) is 0.888. The number of likely N-dealkylation sites (tertiary alicyclic amines) is 1. The predicted octanol–water partition coefficient (Wildman–Crippen LogP) is 2.58. The third-order valence-corrected chi connectivity index (χ3v) is 5.87. The fraction of sp³-hybridized carbons (Fsp3) is 0.700. The molecule has 0 saturated carbocycles. The fourth-order valence-corrected chi connectivity index (χ4v) is 4.43. The van der Waals surface area contributed by atoms with Gasteiger partial charge in [-0.25, -0.2) is 0 Å². The lowest BCUT2D eigenvalue weighted by molar-refractivity contribution is -0.0358. The third-order valence-electron chi connectivity index (χ3n) is 5.87. The zero-order chi connectivity index (χ0) is 17.0. The van der Waals surface area contributed by atoms with Gasteiger partial charge in [0.15, 0.2) is 11.5 Å². The maximum atomic E-state index is 5.84. The Morgan fingerprint density at radius 2 is 1.76 bits per heavy atom. The van der Waals surface area contributed by atoms with Gasteiger partial charge in [-0.2, -0.15) is 0 Å². The highest BCUT2D eigenvalue weighted by molar-refractivity contribution is 5.47. The van der Waals surface area contributed by atoms with Crippen molar-refractivity contribution in [3.05, 3.63) is 23.8 Å². The van der Waals surface area contributed by atoms with E-state index in [1.165, 1.54) is 37.9 Å². The molecule has 2 fully saturated rings. The van der Waals surface area contributed by atoms with Crippen LogP contribution in [0.2, 0.25) is 0 Å². The van der Waals surface area contributed by atoms with Crippen LogP contribution in [0.5, 0.6) is 11.5 Å². The molecule has 0 spiro atoms. The van der Waals surface area contributed by atoms with E-state index in [-0.39, 0.29) is 5.54 Å². The summed E-state index contributed by atoms with van der Waals surface area (Å²) in [5, 5.41) is 3.73. The lowest BCUT2D eigenvalue weighted by Gasteiger charge is -2.48. The standard InChI is InChI=1S/C20H30N2O3/c1-2-9-22(10-3-1)20(7-11-23-12-8-20)16-21-15-17-5-4-6-18-19(17)25-14-13-24-18/h4-6,21H,1-3,7-16H2. The second-order valence-corrected chi connectivity index (χ2v) is 7.43. The Kier molecular flexibility index (Phi) is 5.44. The third kappa shape index (κ3) is 3.78. The molecular weight excluding hydrogens is 316 g/mol. The van der Waals surface area contributed by atoms with Gasteiger partial charge in [-0.1, -0.05) is 18.6 Å². The molecule has 0 bridgehead atoms. The van der Waals surface area contributed by atoms with Crippen LogP contribution in [0.3, 0.4) is 0 Å². The number of nitrogens with one attached hydrogen (secondary N) is 1. The molecule has 5 nitrogen and oxygen atoms in total. The highest BCUT2D eigenvalue weighted by Crippen LogP contribution is 2.34. The van der Waals surface area contributed by atoms with Crippen LogP contribution < -0.4 is 14.8 Å². The summed E-state index contributed by atoms with van der Waals surface area (Å²) in [5.74, 6) is 1.79. The van der Waals surface area contributed by atoms with Gasteiger partial charge in [-0.05, 0) is 44.8 Å². The van der Waals surface area contributed by atoms with E-state index in [9.17, 15) is 0 Å². The number of benzene rings is 1. The van der Waals surface area contributed by atoms with Crippen LogP contribution in [-0.4, -0.2) is 56.5 Å². The molecule has 5 heteroatoms. The number of para-hydroxylation sites is 1. The average Bonchev–Trinajstić information content (AvgIpc) is 2.70. The van der Waals surface area contributed by atoms with Crippen molar-refractivity contribution in [2.24, 2.45) is 0 Å². The first-order chi connectivity index (χ1) is 12.4. The first-order valence-corrected chi connectivity index (χ1v) is 9.78. The molecule has 0 amide bonds.